The van der Waals surface area contributed by atoms with Crippen molar-refractivity contribution in [1.29, 1.82) is 0 Å². The molecule has 0 spiro atoms. The van der Waals surface area contributed by atoms with E-state index in [0.717, 1.165) is 16.7 Å². The van der Waals surface area contributed by atoms with Gasteiger partial charge in [-0.2, -0.15) is 0 Å². The Morgan fingerprint density at radius 3 is 2.26 bits per heavy atom. The molecule has 2 aromatic rings. The third-order valence-corrected chi connectivity index (χ3v) is 4.78. The molecule has 2 atom stereocenters. The molecule has 2 aromatic carbocycles. The summed E-state index contributed by atoms with van der Waals surface area (Å²) in [6, 6.07) is 16.8. The average Bonchev–Trinajstić information content (AvgIpc) is 2.69. The van der Waals surface area contributed by atoms with Crippen molar-refractivity contribution in [2.45, 2.75) is 31.8 Å². The Morgan fingerprint density at radius 2 is 1.70 bits per heavy atom. The topological polar surface area (TPSA) is 75.6 Å². The number of amides is 1. The second kappa shape index (κ2) is 10.6. The van der Waals surface area contributed by atoms with E-state index in [0.29, 0.717) is 18.8 Å². The molecular weight excluding hydrogens is 366 g/mol. The molecule has 27 heavy (non-hydrogen) atoms. The molecule has 5 nitrogen and oxygen atoms in total. The highest BCUT2D eigenvalue weighted by Gasteiger charge is 2.18. The van der Waals surface area contributed by atoms with Gasteiger partial charge in [0.2, 0.25) is 0 Å². The number of carbonyl (C=O) groups is 2. The van der Waals surface area contributed by atoms with Crippen molar-refractivity contribution in [3.63, 3.8) is 0 Å². The van der Waals surface area contributed by atoms with Gasteiger partial charge in [0.05, 0.1) is 5.92 Å². The first kappa shape index (κ1) is 20.8. The number of hydrogen-bond donors (Lipinski definition) is 2. The number of carboxylic acid groups (broad SMARTS) is 1. The molecular formula is C21H24ClNO4. The largest absolute Gasteiger partial charge is 0.481 e. The molecule has 0 radical (unpaired) electrons. The quantitative estimate of drug-likeness (QED) is 0.618. The van der Waals surface area contributed by atoms with Crippen LogP contribution < -0.4 is 5.32 Å². The van der Waals surface area contributed by atoms with E-state index < -0.39 is 18.0 Å². The summed E-state index contributed by atoms with van der Waals surface area (Å²) < 4.78 is 5.19. The van der Waals surface area contributed by atoms with Gasteiger partial charge in [0.15, 0.2) is 0 Å². The molecule has 2 unspecified atom stereocenters. The summed E-state index contributed by atoms with van der Waals surface area (Å²) >= 11 is 6.05. The molecule has 0 aliphatic rings. The highest BCUT2D eigenvalue weighted by atomic mass is 35.5. The number of aliphatic carboxylic acids is 1. The van der Waals surface area contributed by atoms with Gasteiger partial charge < -0.3 is 15.2 Å². The molecule has 2 rings (SSSR count). The molecule has 0 aromatic heterocycles. The summed E-state index contributed by atoms with van der Waals surface area (Å²) in [5.74, 6) is -1.11. The summed E-state index contributed by atoms with van der Waals surface area (Å²) in [5.41, 5.74) is 2.62. The fraction of sp³-hybridized carbons (Fsp3) is 0.333. The van der Waals surface area contributed by atoms with E-state index in [1.54, 1.807) is 0 Å². The van der Waals surface area contributed by atoms with E-state index in [9.17, 15) is 14.7 Å². The van der Waals surface area contributed by atoms with E-state index in [-0.39, 0.29) is 12.5 Å². The van der Waals surface area contributed by atoms with Gasteiger partial charge in [0.25, 0.3) is 0 Å². The number of ether oxygens (including phenoxy) is 1. The summed E-state index contributed by atoms with van der Waals surface area (Å²) in [7, 11) is 0. The molecule has 2 N–H and O–H groups in total. The smallest absolute Gasteiger partial charge is 0.407 e. The van der Waals surface area contributed by atoms with Crippen LogP contribution in [0.3, 0.4) is 0 Å². The minimum atomic E-state index is -0.832. The van der Waals surface area contributed by atoms with Gasteiger partial charge >= 0.3 is 12.1 Å². The molecule has 0 aliphatic carbocycles. The zero-order valence-electron chi connectivity index (χ0n) is 15.2. The van der Waals surface area contributed by atoms with Crippen molar-refractivity contribution in [1.82, 2.24) is 5.32 Å². The van der Waals surface area contributed by atoms with Gasteiger partial charge in [-0.25, -0.2) is 4.79 Å². The molecule has 144 valence electrons. The van der Waals surface area contributed by atoms with Crippen LogP contribution >= 0.6 is 11.6 Å². The molecule has 0 fully saturated rings. The zero-order chi connectivity index (χ0) is 19.6. The minimum Gasteiger partial charge on any atom is -0.481 e. The highest BCUT2D eigenvalue weighted by Crippen LogP contribution is 2.23. The van der Waals surface area contributed by atoms with Gasteiger partial charge in [0, 0.05) is 18.3 Å². The molecule has 0 heterocycles. The van der Waals surface area contributed by atoms with Crippen LogP contribution in [0.1, 0.15) is 41.9 Å². The van der Waals surface area contributed by atoms with Gasteiger partial charge in [-0.05, 0) is 23.1 Å². The summed E-state index contributed by atoms with van der Waals surface area (Å²) in [6.07, 6.45) is 0.0325. The number of alkyl carbamates (subject to hydrolysis) is 1. The van der Waals surface area contributed by atoms with Gasteiger partial charge in [-0.1, -0.05) is 61.5 Å². The fourth-order valence-corrected chi connectivity index (χ4v) is 3.08. The second-order valence-corrected chi connectivity index (χ2v) is 6.57. The number of alkyl halides is 1. The normalized spacial score (nSPS) is 12.8. The Balaban J connectivity index is 1.88. The van der Waals surface area contributed by atoms with Crippen LogP contribution in [0, 0.1) is 0 Å². The Bertz CT molecular complexity index is 734. The SMILES string of the molecule is CCC(C(=O)O)c1ccc(C(CCl)CNC(=O)OCc2ccccc2)cc1. The molecule has 0 aliphatic heterocycles. The van der Waals surface area contributed by atoms with Crippen molar-refractivity contribution in [3.05, 3.63) is 71.3 Å². The number of carboxylic acids is 1. The Morgan fingerprint density at radius 1 is 1.07 bits per heavy atom. The average molecular weight is 390 g/mol. The second-order valence-electron chi connectivity index (χ2n) is 6.26. The van der Waals surface area contributed by atoms with Crippen molar-refractivity contribution in [3.8, 4) is 0 Å². The van der Waals surface area contributed by atoms with Crippen molar-refractivity contribution < 1.29 is 19.4 Å². The highest BCUT2D eigenvalue weighted by molar-refractivity contribution is 6.18. The standard InChI is InChI=1S/C21H24ClNO4/c1-2-19(20(24)25)17-10-8-16(9-11-17)18(12-22)13-23-21(26)27-14-15-6-4-3-5-7-15/h3-11,18-19H,2,12-14H2,1H3,(H,23,26)(H,24,25). The van der Waals surface area contributed by atoms with Crippen molar-refractivity contribution in [2.24, 2.45) is 0 Å². The lowest BCUT2D eigenvalue weighted by atomic mass is 9.93. The Kier molecular flexibility index (Phi) is 8.14. The van der Waals surface area contributed by atoms with Crippen LogP contribution in [0.2, 0.25) is 0 Å². The number of nitrogens with one attached hydrogen (secondary N) is 1. The predicted octanol–water partition coefficient (Wildman–Crippen LogP) is 4.51. The lowest BCUT2D eigenvalue weighted by molar-refractivity contribution is -0.138. The third-order valence-electron chi connectivity index (χ3n) is 4.41. The lowest BCUT2D eigenvalue weighted by Gasteiger charge is -2.17. The number of benzene rings is 2. The van der Waals surface area contributed by atoms with E-state index in [1.165, 1.54) is 0 Å². The van der Waals surface area contributed by atoms with Crippen LogP contribution in [0.15, 0.2) is 54.6 Å². The maximum Gasteiger partial charge on any atom is 0.407 e. The van der Waals surface area contributed by atoms with Gasteiger partial charge in [-0.15, -0.1) is 11.6 Å². The summed E-state index contributed by atoms with van der Waals surface area (Å²) in [4.78, 5) is 23.1. The van der Waals surface area contributed by atoms with E-state index in [4.69, 9.17) is 16.3 Å². The van der Waals surface area contributed by atoms with Crippen LogP contribution in [-0.4, -0.2) is 29.6 Å². The molecule has 6 heteroatoms. The number of carbonyl (C=O) groups excluding carboxylic acids is 1. The Hall–Kier alpha value is -2.53. The fourth-order valence-electron chi connectivity index (χ4n) is 2.80. The molecule has 0 saturated heterocycles. The Labute approximate surface area is 164 Å². The van der Waals surface area contributed by atoms with Gasteiger partial charge in [0.1, 0.15) is 6.61 Å². The minimum absolute atomic E-state index is 0.0881. The van der Waals surface area contributed by atoms with E-state index in [2.05, 4.69) is 5.32 Å². The van der Waals surface area contributed by atoms with Crippen LogP contribution in [0.25, 0.3) is 0 Å². The first-order valence-electron chi connectivity index (χ1n) is 8.88. The molecule has 1 amide bonds. The van der Waals surface area contributed by atoms with Crippen LogP contribution in [0.5, 0.6) is 0 Å². The van der Waals surface area contributed by atoms with Crippen LogP contribution in [0.4, 0.5) is 4.79 Å². The molecule has 0 saturated carbocycles. The van der Waals surface area contributed by atoms with Crippen molar-refractivity contribution >= 4 is 23.7 Å². The summed E-state index contributed by atoms with van der Waals surface area (Å²) in [6.45, 7) is 2.40. The monoisotopic (exact) mass is 389 g/mol. The van der Waals surface area contributed by atoms with Crippen molar-refractivity contribution in [2.75, 3.05) is 12.4 Å². The third kappa shape index (κ3) is 6.29. The van der Waals surface area contributed by atoms with Crippen LogP contribution in [-0.2, 0) is 16.1 Å². The zero-order valence-corrected chi connectivity index (χ0v) is 16.0. The van der Waals surface area contributed by atoms with Gasteiger partial charge in [-0.3, -0.25) is 4.79 Å². The maximum atomic E-state index is 11.9. The van der Waals surface area contributed by atoms with E-state index in [1.807, 2.05) is 61.5 Å². The van der Waals surface area contributed by atoms with E-state index >= 15 is 0 Å². The predicted molar refractivity (Wildman–Crippen MR) is 105 cm³/mol. The number of rotatable bonds is 9. The lowest BCUT2D eigenvalue weighted by Crippen LogP contribution is -2.29. The maximum absolute atomic E-state index is 11.9. The number of hydrogen-bond acceptors (Lipinski definition) is 3. The number of halogens is 1. The first-order valence-corrected chi connectivity index (χ1v) is 9.41. The first-order chi connectivity index (χ1) is 13.0. The summed E-state index contributed by atoms with van der Waals surface area (Å²) in [5, 5.41) is 12.0. The molecule has 0 bridgehead atoms.